The van der Waals surface area contributed by atoms with Gasteiger partial charge in [-0.25, -0.2) is 0 Å². The lowest BCUT2D eigenvalue weighted by Gasteiger charge is -2.33. The summed E-state index contributed by atoms with van der Waals surface area (Å²) in [6.45, 7) is 3.51. The number of piperazine rings is 1. The number of rotatable bonds is 4. The van der Waals surface area contributed by atoms with Crippen LogP contribution in [0.4, 0.5) is 0 Å². The fourth-order valence-corrected chi connectivity index (χ4v) is 3.33. The summed E-state index contributed by atoms with van der Waals surface area (Å²) in [7, 11) is 0. The van der Waals surface area contributed by atoms with Crippen molar-refractivity contribution < 1.29 is 13.7 Å². The minimum absolute atomic E-state index is 0.0148. The average Bonchev–Trinajstić information content (AvgIpc) is 3.36. The summed E-state index contributed by atoms with van der Waals surface area (Å²) in [5.74, 6) is 1.24. The molecule has 4 rings (SSSR count). The van der Waals surface area contributed by atoms with Gasteiger partial charge in [-0.1, -0.05) is 5.16 Å². The number of amides is 1. The highest BCUT2D eigenvalue weighted by Gasteiger charge is 2.24. The molecule has 7 nitrogen and oxygen atoms in total. The predicted molar refractivity (Wildman–Crippen MR) is 87.5 cm³/mol. The Morgan fingerprint density at radius 2 is 2.12 bits per heavy atom. The van der Waals surface area contributed by atoms with Crippen LogP contribution in [-0.2, 0) is 6.54 Å². The highest BCUT2D eigenvalue weighted by Crippen LogP contribution is 2.19. The summed E-state index contributed by atoms with van der Waals surface area (Å²) >= 11 is 1.60. The number of nitrogens with zero attached hydrogens (tertiary/aromatic N) is 4. The van der Waals surface area contributed by atoms with Gasteiger partial charge in [0.05, 0.1) is 18.4 Å². The van der Waals surface area contributed by atoms with Crippen molar-refractivity contribution in [3.05, 3.63) is 46.9 Å². The van der Waals surface area contributed by atoms with E-state index in [9.17, 15) is 4.79 Å². The van der Waals surface area contributed by atoms with Crippen molar-refractivity contribution in [2.45, 2.75) is 6.54 Å². The lowest BCUT2D eigenvalue weighted by molar-refractivity contribution is 0.0614. The van der Waals surface area contributed by atoms with Crippen LogP contribution in [0.5, 0.6) is 0 Å². The molecule has 3 aromatic rings. The van der Waals surface area contributed by atoms with E-state index in [4.69, 9.17) is 8.94 Å². The van der Waals surface area contributed by atoms with Gasteiger partial charge in [0.1, 0.15) is 6.26 Å². The zero-order chi connectivity index (χ0) is 16.4. The van der Waals surface area contributed by atoms with Gasteiger partial charge < -0.3 is 13.8 Å². The highest BCUT2D eigenvalue weighted by molar-refractivity contribution is 7.08. The first-order valence-corrected chi connectivity index (χ1v) is 8.63. The number of hydrogen-bond donors (Lipinski definition) is 0. The maximum absolute atomic E-state index is 12.3. The molecule has 0 bridgehead atoms. The Balaban J connectivity index is 1.33. The summed E-state index contributed by atoms with van der Waals surface area (Å²) in [5.41, 5.74) is 1.58. The normalized spacial score (nSPS) is 15.8. The van der Waals surface area contributed by atoms with Crippen molar-refractivity contribution in [1.29, 1.82) is 0 Å². The van der Waals surface area contributed by atoms with E-state index in [1.54, 1.807) is 17.4 Å². The van der Waals surface area contributed by atoms with Gasteiger partial charge in [0.15, 0.2) is 0 Å². The molecular formula is C16H16N4O3S. The molecule has 124 valence electrons. The molecule has 0 aliphatic carbocycles. The molecule has 3 aromatic heterocycles. The Kier molecular flexibility index (Phi) is 4.14. The number of furan rings is 1. The first-order valence-electron chi connectivity index (χ1n) is 7.68. The maximum Gasteiger partial charge on any atom is 0.257 e. The van der Waals surface area contributed by atoms with E-state index in [1.165, 1.54) is 12.5 Å². The molecule has 4 heterocycles. The molecule has 1 aliphatic rings. The van der Waals surface area contributed by atoms with Crippen LogP contribution in [0.2, 0.25) is 0 Å². The van der Waals surface area contributed by atoms with Crippen molar-refractivity contribution >= 4 is 17.2 Å². The van der Waals surface area contributed by atoms with Crippen molar-refractivity contribution in [2.75, 3.05) is 26.2 Å². The van der Waals surface area contributed by atoms with Crippen LogP contribution < -0.4 is 0 Å². The van der Waals surface area contributed by atoms with Crippen molar-refractivity contribution in [3.8, 4) is 11.4 Å². The van der Waals surface area contributed by atoms with Crippen molar-refractivity contribution in [2.24, 2.45) is 0 Å². The Morgan fingerprint density at radius 3 is 2.83 bits per heavy atom. The molecule has 1 amide bonds. The van der Waals surface area contributed by atoms with Crippen LogP contribution in [0.3, 0.4) is 0 Å². The minimum Gasteiger partial charge on any atom is -0.472 e. The van der Waals surface area contributed by atoms with Crippen LogP contribution in [0.15, 0.2) is 44.4 Å². The molecule has 0 saturated carbocycles. The summed E-state index contributed by atoms with van der Waals surface area (Å²) in [5, 5.41) is 8.00. The summed E-state index contributed by atoms with van der Waals surface area (Å²) < 4.78 is 10.3. The first-order chi connectivity index (χ1) is 11.8. The molecule has 1 aliphatic heterocycles. The molecule has 1 saturated heterocycles. The molecule has 0 aromatic carbocycles. The molecule has 0 radical (unpaired) electrons. The van der Waals surface area contributed by atoms with Gasteiger partial charge in [0, 0.05) is 37.1 Å². The van der Waals surface area contributed by atoms with E-state index in [-0.39, 0.29) is 5.91 Å². The van der Waals surface area contributed by atoms with Crippen LogP contribution >= 0.6 is 11.3 Å². The third kappa shape index (κ3) is 3.10. The summed E-state index contributed by atoms with van der Waals surface area (Å²) in [6.07, 6.45) is 3.00. The maximum atomic E-state index is 12.3. The molecular weight excluding hydrogens is 328 g/mol. The first kappa shape index (κ1) is 15.1. The Labute approximate surface area is 142 Å². The highest BCUT2D eigenvalue weighted by atomic mass is 32.1. The molecule has 0 unspecified atom stereocenters. The summed E-state index contributed by atoms with van der Waals surface area (Å²) in [6, 6.07) is 3.67. The minimum atomic E-state index is 0.0148. The summed E-state index contributed by atoms with van der Waals surface area (Å²) in [4.78, 5) is 20.8. The van der Waals surface area contributed by atoms with E-state index in [1.807, 2.05) is 21.7 Å². The number of aromatic nitrogens is 2. The topological polar surface area (TPSA) is 75.6 Å². The molecule has 0 atom stereocenters. The van der Waals surface area contributed by atoms with Crippen LogP contribution in [-0.4, -0.2) is 52.0 Å². The smallest absolute Gasteiger partial charge is 0.257 e. The Morgan fingerprint density at radius 1 is 1.25 bits per heavy atom. The fourth-order valence-electron chi connectivity index (χ4n) is 2.70. The standard InChI is InChI=1S/C16H16N4O3S/c21-16(12-1-7-22-10-12)20-5-3-19(4-6-20)9-14-17-15(18-23-14)13-2-8-24-11-13/h1-2,7-8,10-11H,3-6,9H2. The molecule has 1 fully saturated rings. The largest absolute Gasteiger partial charge is 0.472 e. The van der Waals surface area contributed by atoms with E-state index in [0.717, 1.165) is 18.7 Å². The predicted octanol–water partition coefficient (Wildman–Crippen LogP) is 2.35. The molecule has 0 spiro atoms. The Hall–Kier alpha value is -2.45. The lowest BCUT2D eigenvalue weighted by atomic mass is 10.2. The average molecular weight is 344 g/mol. The second kappa shape index (κ2) is 6.58. The van der Waals surface area contributed by atoms with Crippen LogP contribution in [0.25, 0.3) is 11.4 Å². The third-order valence-electron chi connectivity index (χ3n) is 4.03. The number of carbonyl (C=O) groups is 1. The molecule has 24 heavy (non-hydrogen) atoms. The molecule has 0 N–H and O–H groups in total. The number of thiophene rings is 1. The zero-order valence-corrected chi connectivity index (χ0v) is 13.7. The van der Waals surface area contributed by atoms with E-state index in [2.05, 4.69) is 15.0 Å². The van der Waals surface area contributed by atoms with E-state index in [0.29, 0.717) is 36.9 Å². The SMILES string of the molecule is O=C(c1ccoc1)N1CCN(Cc2nc(-c3ccsc3)no2)CC1. The fraction of sp³-hybridized carbons (Fsp3) is 0.312. The zero-order valence-electron chi connectivity index (χ0n) is 12.9. The monoisotopic (exact) mass is 344 g/mol. The molecule has 8 heteroatoms. The van der Waals surface area contributed by atoms with Gasteiger partial charge in [-0.2, -0.15) is 16.3 Å². The quantitative estimate of drug-likeness (QED) is 0.723. The van der Waals surface area contributed by atoms with E-state index >= 15 is 0 Å². The van der Waals surface area contributed by atoms with Gasteiger partial charge in [-0.15, -0.1) is 0 Å². The van der Waals surface area contributed by atoms with Crippen LogP contribution in [0, 0.1) is 0 Å². The van der Waals surface area contributed by atoms with Gasteiger partial charge in [0.2, 0.25) is 11.7 Å². The van der Waals surface area contributed by atoms with Crippen molar-refractivity contribution in [1.82, 2.24) is 19.9 Å². The van der Waals surface area contributed by atoms with Crippen LogP contribution in [0.1, 0.15) is 16.2 Å². The van der Waals surface area contributed by atoms with Gasteiger partial charge in [-0.05, 0) is 17.5 Å². The van der Waals surface area contributed by atoms with Gasteiger partial charge in [0.25, 0.3) is 5.91 Å². The number of carbonyl (C=O) groups excluding carboxylic acids is 1. The third-order valence-corrected chi connectivity index (χ3v) is 4.72. The van der Waals surface area contributed by atoms with Gasteiger partial charge >= 0.3 is 0 Å². The van der Waals surface area contributed by atoms with Gasteiger partial charge in [-0.3, -0.25) is 9.69 Å². The van der Waals surface area contributed by atoms with Crippen molar-refractivity contribution in [3.63, 3.8) is 0 Å². The van der Waals surface area contributed by atoms with E-state index < -0.39 is 0 Å². The Bertz CT molecular complexity index is 789. The number of hydrogen-bond acceptors (Lipinski definition) is 7. The lowest BCUT2D eigenvalue weighted by Crippen LogP contribution is -2.48. The second-order valence-electron chi connectivity index (χ2n) is 5.60. The second-order valence-corrected chi connectivity index (χ2v) is 6.38.